The molecule has 5 heteroatoms. The Morgan fingerprint density at radius 3 is 2.77 bits per heavy atom. The van der Waals surface area contributed by atoms with Crippen LogP contribution in [0.5, 0.6) is 0 Å². The van der Waals surface area contributed by atoms with E-state index in [4.69, 9.17) is 0 Å². The highest BCUT2D eigenvalue weighted by atomic mass is 19.4. The van der Waals surface area contributed by atoms with Crippen LogP contribution in [0.25, 0.3) is 11.1 Å². The Bertz CT molecular complexity index is 859. The van der Waals surface area contributed by atoms with Crippen LogP contribution in [0.2, 0.25) is 0 Å². The Morgan fingerprint density at radius 1 is 1.08 bits per heavy atom. The smallest absolute Gasteiger partial charge is 0.371 e. The van der Waals surface area contributed by atoms with Crippen molar-refractivity contribution in [2.24, 2.45) is 5.92 Å². The largest absolute Gasteiger partial charge is 0.417 e. The van der Waals surface area contributed by atoms with E-state index in [0.29, 0.717) is 23.0 Å². The normalized spacial score (nSPS) is 24.3. The molecule has 1 fully saturated rings. The van der Waals surface area contributed by atoms with Crippen molar-refractivity contribution in [3.05, 3.63) is 53.1 Å². The summed E-state index contributed by atoms with van der Waals surface area (Å²) in [6.07, 6.45) is -2.32. The van der Waals surface area contributed by atoms with Gasteiger partial charge in [-0.15, -0.1) is 0 Å². The first-order chi connectivity index (χ1) is 12.5. The molecular formula is C21H21F3N2. The molecule has 3 heterocycles. The first-order valence-electron chi connectivity index (χ1n) is 9.31. The van der Waals surface area contributed by atoms with Gasteiger partial charge in [-0.3, -0.25) is 0 Å². The SMILES string of the molecule is FC(F)(F)c1ccccc1-c1cc2c3c(c1)[C@H]1CNC[C@H]1CN3CCC2. The number of aryl methyl sites for hydroxylation is 1. The number of nitrogens with one attached hydrogen (secondary N) is 1. The zero-order chi connectivity index (χ0) is 17.9. The molecule has 0 aromatic heterocycles. The third-order valence-electron chi connectivity index (χ3n) is 6.15. The minimum absolute atomic E-state index is 0.296. The van der Waals surface area contributed by atoms with E-state index in [1.807, 2.05) is 12.1 Å². The molecule has 2 aromatic carbocycles. The van der Waals surface area contributed by atoms with Crippen LogP contribution in [-0.4, -0.2) is 26.2 Å². The molecule has 1 saturated heterocycles. The van der Waals surface area contributed by atoms with Gasteiger partial charge in [-0.2, -0.15) is 13.2 Å². The van der Waals surface area contributed by atoms with Crippen LogP contribution in [0.3, 0.4) is 0 Å². The van der Waals surface area contributed by atoms with E-state index in [1.165, 1.54) is 28.9 Å². The third kappa shape index (κ3) is 2.44. The van der Waals surface area contributed by atoms with Crippen LogP contribution in [0, 0.1) is 5.92 Å². The van der Waals surface area contributed by atoms with E-state index >= 15 is 0 Å². The number of hydrogen-bond acceptors (Lipinski definition) is 2. The summed E-state index contributed by atoms with van der Waals surface area (Å²) < 4.78 is 40.6. The monoisotopic (exact) mass is 358 g/mol. The number of nitrogens with zero attached hydrogens (tertiary/aromatic N) is 1. The molecule has 3 aliphatic heterocycles. The molecule has 1 N–H and O–H groups in total. The van der Waals surface area contributed by atoms with Crippen LogP contribution in [-0.2, 0) is 12.6 Å². The second-order valence-electron chi connectivity index (χ2n) is 7.69. The Labute approximate surface area is 151 Å². The van der Waals surface area contributed by atoms with Gasteiger partial charge in [0.1, 0.15) is 0 Å². The van der Waals surface area contributed by atoms with Gasteiger partial charge in [-0.25, -0.2) is 0 Å². The van der Waals surface area contributed by atoms with E-state index in [0.717, 1.165) is 39.0 Å². The Morgan fingerprint density at radius 2 is 1.92 bits per heavy atom. The van der Waals surface area contributed by atoms with E-state index in [9.17, 15) is 13.2 Å². The predicted molar refractivity (Wildman–Crippen MR) is 96.5 cm³/mol. The second-order valence-corrected chi connectivity index (χ2v) is 7.69. The highest BCUT2D eigenvalue weighted by molar-refractivity contribution is 5.76. The number of anilines is 1. The van der Waals surface area contributed by atoms with Crippen LogP contribution in [0.4, 0.5) is 18.9 Å². The number of halogens is 3. The van der Waals surface area contributed by atoms with E-state index in [-0.39, 0.29) is 0 Å². The molecule has 5 rings (SSSR count). The predicted octanol–water partition coefficient (Wildman–Crippen LogP) is 4.44. The van der Waals surface area contributed by atoms with Crippen molar-refractivity contribution in [1.29, 1.82) is 0 Å². The number of fused-ring (bicyclic) bond motifs is 2. The summed E-state index contributed by atoms with van der Waals surface area (Å²) in [6.45, 7) is 4.05. The van der Waals surface area contributed by atoms with E-state index in [1.54, 1.807) is 12.1 Å². The summed E-state index contributed by atoms with van der Waals surface area (Å²) in [7, 11) is 0. The molecule has 2 aromatic rings. The van der Waals surface area contributed by atoms with Gasteiger partial charge in [0, 0.05) is 37.8 Å². The summed E-state index contributed by atoms with van der Waals surface area (Å²) in [5, 5.41) is 3.48. The molecule has 0 spiro atoms. The van der Waals surface area contributed by atoms with Gasteiger partial charge in [0.05, 0.1) is 5.56 Å². The van der Waals surface area contributed by atoms with Gasteiger partial charge in [0.25, 0.3) is 0 Å². The maximum atomic E-state index is 13.5. The van der Waals surface area contributed by atoms with Crippen molar-refractivity contribution in [3.8, 4) is 11.1 Å². The van der Waals surface area contributed by atoms with Gasteiger partial charge < -0.3 is 10.2 Å². The summed E-state index contributed by atoms with van der Waals surface area (Å²) >= 11 is 0. The fraction of sp³-hybridized carbons (Fsp3) is 0.429. The summed E-state index contributed by atoms with van der Waals surface area (Å²) in [5.41, 5.74) is 4.22. The summed E-state index contributed by atoms with van der Waals surface area (Å²) in [5.74, 6) is 0.970. The van der Waals surface area contributed by atoms with Crippen molar-refractivity contribution in [2.75, 3.05) is 31.1 Å². The number of rotatable bonds is 1. The van der Waals surface area contributed by atoms with Gasteiger partial charge >= 0.3 is 6.18 Å². The van der Waals surface area contributed by atoms with Gasteiger partial charge in [-0.1, -0.05) is 18.2 Å². The first-order valence-corrected chi connectivity index (χ1v) is 9.31. The molecule has 0 bridgehead atoms. The van der Waals surface area contributed by atoms with Crippen molar-refractivity contribution in [2.45, 2.75) is 24.9 Å². The maximum absolute atomic E-state index is 13.5. The van der Waals surface area contributed by atoms with E-state index in [2.05, 4.69) is 10.2 Å². The topological polar surface area (TPSA) is 15.3 Å². The highest BCUT2D eigenvalue weighted by Crippen LogP contribution is 2.47. The summed E-state index contributed by atoms with van der Waals surface area (Å²) in [6, 6.07) is 9.98. The first kappa shape index (κ1) is 16.2. The van der Waals surface area contributed by atoms with Crippen molar-refractivity contribution >= 4 is 5.69 Å². The van der Waals surface area contributed by atoms with Gasteiger partial charge in [-0.05, 0) is 59.2 Å². The second kappa shape index (κ2) is 5.74. The number of alkyl halides is 3. The van der Waals surface area contributed by atoms with Crippen LogP contribution in [0.15, 0.2) is 36.4 Å². The van der Waals surface area contributed by atoms with E-state index < -0.39 is 11.7 Å². The zero-order valence-corrected chi connectivity index (χ0v) is 14.4. The standard InChI is InChI=1S/C21H21F3N2/c22-21(23,24)19-6-2-1-5-16(19)14-8-13-4-3-7-26-12-15-10-25-11-18(15)17(9-14)20(13)26/h1-2,5-6,8-9,15,18,25H,3-4,7,10-12H2/t15-,18-/m0/s1. The molecule has 0 radical (unpaired) electrons. The van der Waals surface area contributed by atoms with Gasteiger partial charge in [0.15, 0.2) is 0 Å². The highest BCUT2D eigenvalue weighted by Gasteiger charge is 2.39. The Hall–Kier alpha value is -2.01. The lowest BCUT2D eigenvalue weighted by Crippen LogP contribution is -2.41. The lowest BCUT2D eigenvalue weighted by Gasteiger charge is -2.42. The van der Waals surface area contributed by atoms with Crippen LogP contribution < -0.4 is 10.2 Å². The molecule has 0 saturated carbocycles. The fourth-order valence-electron chi connectivity index (χ4n) is 5.04. The van der Waals surface area contributed by atoms with Crippen molar-refractivity contribution in [1.82, 2.24) is 5.32 Å². The molecule has 2 atom stereocenters. The molecular weight excluding hydrogens is 337 g/mol. The fourth-order valence-corrected chi connectivity index (χ4v) is 5.04. The average Bonchev–Trinajstić information content (AvgIpc) is 3.10. The van der Waals surface area contributed by atoms with Crippen molar-refractivity contribution < 1.29 is 13.2 Å². The Kier molecular flexibility index (Phi) is 3.58. The van der Waals surface area contributed by atoms with Crippen LogP contribution in [0.1, 0.15) is 29.0 Å². The quantitative estimate of drug-likeness (QED) is 0.811. The zero-order valence-electron chi connectivity index (χ0n) is 14.4. The molecule has 0 amide bonds. The average molecular weight is 358 g/mol. The molecule has 136 valence electrons. The molecule has 0 unspecified atom stereocenters. The number of hydrogen-bond donors (Lipinski definition) is 1. The summed E-state index contributed by atoms with van der Waals surface area (Å²) in [4.78, 5) is 2.46. The minimum atomic E-state index is -4.34. The molecule has 0 aliphatic carbocycles. The minimum Gasteiger partial charge on any atom is -0.371 e. The molecule has 3 aliphatic rings. The van der Waals surface area contributed by atoms with Crippen molar-refractivity contribution in [3.63, 3.8) is 0 Å². The lowest BCUT2D eigenvalue weighted by molar-refractivity contribution is -0.137. The lowest BCUT2D eigenvalue weighted by atomic mass is 9.78. The Balaban J connectivity index is 1.71. The van der Waals surface area contributed by atoms with Crippen LogP contribution >= 0.6 is 0 Å². The molecule has 26 heavy (non-hydrogen) atoms. The maximum Gasteiger partial charge on any atom is 0.417 e. The molecule has 2 nitrogen and oxygen atoms in total. The third-order valence-corrected chi connectivity index (χ3v) is 6.15. The van der Waals surface area contributed by atoms with Gasteiger partial charge in [0.2, 0.25) is 0 Å². The number of benzene rings is 2.